The van der Waals surface area contributed by atoms with E-state index in [1.807, 2.05) is 0 Å². The smallest absolute Gasteiger partial charge is 0.168 e. The van der Waals surface area contributed by atoms with E-state index in [1.165, 1.54) is 11.1 Å². The minimum Gasteiger partial charge on any atom is -0.421 e. The Bertz CT molecular complexity index is 513. The molecule has 2 aromatic carbocycles. The lowest BCUT2D eigenvalue weighted by Gasteiger charge is -2.35. The van der Waals surface area contributed by atoms with Gasteiger partial charge in [-0.1, -0.05) is 74.5 Å². The largest absolute Gasteiger partial charge is 0.421 e. The van der Waals surface area contributed by atoms with Crippen molar-refractivity contribution in [2.45, 2.75) is 37.8 Å². The summed E-state index contributed by atoms with van der Waals surface area (Å²) in [7, 11) is -0.799. The second-order valence-corrected chi connectivity index (χ2v) is 9.13. The van der Waals surface area contributed by atoms with Crippen LogP contribution in [0.4, 0.5) is 0 Å². The molecule has 3 heteroatoms. The van der Waals surface area contributed by atoms with Gasteiger partial charge < -0.3 is 9.53 Å². The van der Waals surface area contributed by atoms with E-state index < -0.39 is 15.9 Å². The molecule has 0 heterocycles. The van der Waals surface area contributed by atoms with Crippen LogP contribution < -0.4 is 0 Å². The van der Waals surface area contributed by atoms with Gasteiger partial charge in [0.1, 0.15) is 0 Å². The van der Waals surface area contributed by atoms with E-state index in [1.54, 1.807) is 6.92 Å². The van der Waals surface area contributed by atoms with Gasteiger partial charge in [0, 0.05) is 5.92 Å². The molecule has 1 N–H and O–H groups in total. The summed E-state index contributed by atoms with van der Waals surface area (Å²) in [4.78, 5) is 0. The van der Waals surface area contributed by atoms with Gasteiger partial charge in [-0.25, -0.2) is 0 Å². The molecule has 0 aromatic heterocycles. The first-order valence-electron chi connectivity index (χ1n) is 7.86. The van der Waals surface area contributed by atoms with E-state index in [-0.39, 0.29) is 5.04 Å². The highest BCUT2D eigenvalue weighted by molar-refractivity contribution is 6.32. The summed E-state index contributed by atoms with van der Waals surface area (Å²) in [6.45, 7) is 6.77. The molecule has 0 fully saturated rings. The Morgan fingerprint density at radius 2 is 1.41 bits per heavy atom. The molecule has 22 heavy (non-hydrogen) atoms. The highest BCUT2D eigenvalue weighted by atomic mass is 28.2. The maximum absolute atomic E-state index is 9.42. The van der Waals surface area contributed by atoms with Crippen molar-refractivity contribution < 1.29 is 9.53 Å². The molecule has 0 aliphatic rings. The molecule has 0 saturated carbocycles. The van der Waals surface area contributed by atoms with E-state index >= 15 is 0 Å². The molecule has 0 unspecified atom stereocenters. The van der Waals surface area contributed by atoms with Gasteiger partial charge in [-0.05, 0) is 23.1 Å². The standard InChI is InChI=1S/C19H26O2Si/c1-15(20)14-21-22-19(2,3)18(16-10-6-4-7-11-16)17-12-8-5-9-13-17/h4-13,15,18,20H,14,22H2,1-3H3/t15-/m1/s1. The van der Waals surface area contributed by atoms with Crippen LogP contribution in [0.25, 0.3) is 0 Å². The maximum Gasteiger partial charge on any atom is 0.168 e. The SMILES string of the molecule is C[C@@H](O)CO[SiH2]C(C)(C)C(c1ccccc1)c1ccccc1. The van der Waals surface area contributed by atoms with Crippen molar-refractivity contribution in [1.29, 1.82) is 0 Å². The molecule has 118 valence electrons. The van der Waals surface area contributed by atoms with Gasteiger partial charge in [0.05, 0.1) is 12.7 Å². The predicted molar refractivity (Wildman–Crippen MR) is 94.9 cm³/mol. The first kappa shape index (κ1) is 16.9. The fourth-order valence-electron chi connectivity index (χ4n) is 2.96. The Morgan fingerprint density at radius 1 is 0.955 bits per heavy atom. The molecular weight excluding hydrogens is 288 g/mol. The van der Waals surface area contributed by atoms with Crippen LogP contribution in [0.5, 0.6) is 0 Å². The van der Waals surface area contributed by atoms with Gasteiger partial charge in [-0.15, -0.1) is 0 Å². The quantitative estimate of drug-likeness (QED) is 0.793. The van der Waals surface area contributed by atoms with Crippen LogP contribution in [0.1, 0.15) is 37.8 Å². The molecule has 0 aliphatic carbocycles. The Kier molecular flexibility index (Phi) is 5.95. The zero-order valence-electron chi connectivity index (χ0n) is 13.7. The van der Waals surface area contributed by atoms with Crippen molar-refractivity contribution in [2.75, 3.05) is 6.61 Å². The predicted octanol–water partition coefficient (Wildman–Crippen LogP) is 3.50. The minimum absolute atomic E-state index is 0.0671. The second kappa shape index (κ2) is 7.72. The summed E-state index contributed by atoms with van der Waals surface area (Å²) in [5.74, 6) is 0.315. The molecule has 0 spiro atoms. The minimum atomic E-state index is -0.799. The number of hydrogen-bond acceptors (Lipinski definition) is 2. The Hall–Kier alpha value is -1.42. The number of aliphatic hydroxyl groups is 1. The normalized spacial score (nSPS) is 13.9. The molecule has 0 saturated heterocycles. The van der Waals surface area contributed by atoms with Gasteiger partial charge in [0.2, 0.25) is 0 Å². The van der Waals surface area contributed by atoms with Crippen molar-refractivity contribution in [3.63, 3.8) is 0 Å². The molecule has 2 aromatic rings. The average molecular weight is 315 g/mol. The number of hydrogen-bond donors (Lipinski definition) is 1. The van der Waals surface area contributed by atoms with E-state index in [0.717, 1.165) is 0 Å². The molecule has 0 amide bonds. The molecule has 0 radical (unpaired) electrons. The molecular formula is C19H26O2Si. The van der Waals surface area contributed by atoms with Crippen molar-refractivity contribution in [2.24, 2.45) is 0 Å². The molecule has 2 rings (SSSR count). The fraction of sp³-hybridized carbons (Fsp3) is 0.368. The van der Waals surface area contributed by atoms with Gasteiger partial charge in [0.25, 0.3) is 0 Å². The van der Waals surface area contributed by atoms with Gasteiger partial charge >= 0.3 is 0 Å². The van der Waals surface area contributed by atoms with E-state index in [2.05, 4.69) is 74.5 Å². The lowest BCUT2D eigenvalue weighted by atomic mass is 9.82. The van der Waals surface area contributed by atoms with Crippen LogP contribution >= 0.6 is 0 Å². The highest BCUT2D eigenvalue weighted by Crippen LogP contribution is 2.45. The van der Waals surface area contributed by atoms with Crippen molar-refractivity contribution >= 4 is 9.76 Å². The topological polar surface area (TPSA) is 29.5 Å². The van der Waals surface area contributed by atoms with Crippen LogP contribution in [-0.2, 0) is 4.43 Å². The summed E-state index contributed by atoms with van der Waals surface area (Å²) < 4.78 is 5.87. The van der Waals surface area contributed by atoms with Crippen molar-refractivity contribution in [1.82, 2.24) is 0 Å². The third-order valence-corrected chi connectivity index (χ3v) is 5.47. The summed E-state index contributed by atoms with van der Waals surface area (Å²) in [5.41, 5.74) is 2.65. The zero-order chi connectivity index (χ0) is 16.0. The molecule has 0 bridgehead atoms. The summed E-state index contributed by atoms with van der Waals surface area (Å²) in [6.07, 6.45) is -0.393. The van der Waals surface area contributed by atoms with Crippen molar-refractivity contribution in [3.05, 3.63) is 71.8 Å². The number of aliphatic hydroxyl groups excluding tert-OH is 1. The van der Waals surface area contributed by atoms with E-state index in [9.17, 15) is 5.11 Å². The lowest BCUT2D eigenvalue weighted by Crippen LogP contribution is -2.27. The number of benzene rings is 2. The van der Waals surface area contributed by atoms with Gasteiger partial charge in [-0.3, -0.25) is 0 Å². The van der Waals surface area contributed by atoms with Gasteiger partial charge in [-0.2, -0.15) is 0 Å². The fourth-order valence-corrected chi connectivity index (χ4v) is 4.58. The highest BCUT2D eigenvalue weighted by Gasteiger charge is 2.33. The second-order valence-electron chi connectivity index (χ2n) is 6.61. The Balaban J connectivity index is 2.28. The maximum atomic E-state index is 9.42. The Morgan fingerprint density at radius 3 is 1.82 bits per heavy atom. The van der Waals surface area contributed by atoms with Crippen LogP contribution in [0.2, 0.25) is 5.04 Å². The van der Waals surface area contributed by atoms with Crippen LogP contribution in [-0.4, -0.2) is 27.6 Å². The lowest BCUT2D eigenvalue weighted by molar-refractivity contribution is 0.122. The van der Waals surface area contributed by atoms with E-state index in [0.29, 0.717) is 12.5 Å². The molecule has 2 nitrogen and oxygen atoms in total. The van der Waals surface area contributed by atoms with Gasteiger partial charge in [0.15, 0.2) is 9.76 Å². The summed E-state index contributed by atoms with van der Waals surface area (Å²) in [5, 5.41) is 9.49. The number of rotatable bonds is 7. The van der Waals surface area contributed by atoms with Crippen LogP contribution in [0.3, 0.4) is 0 Å². The summed E-state index contributed by atoms with van der Waals surface area (Å²) in [6, 6.07) is 21.3. The average Bonchev–Trinajstić information content (AvgIpc) is 2.48. The monoisotopic (exact) mass is 314 g/mol. The zero-order valence-corrected chi connectivity index (χ0v) is 15.1. The molecule has 1 atom stereocenters. The van der Waals surface area contributed by atoms with E-state index in [4.69, 9.17) is 4.43 Å². The van der Waals surface area contributed by atoms with Crippen LogP contribution in [0.15, 0.2) is 60.7 Å². The van der Waals surface area contributed by atoms with Crippen molar-refractivity contribution in [3.8, 4) is 0 Å². The Labute approximate surface area is 136 Å². The first-order valence-corrected chi connectivity index (χ1v) is 9.15. The third kappa shape index (κ3) is 4.53. The summed E-state index contributed by atoms with van der Waals surface area (Å²) >= 11 is 0. The van der Waals surface area contributed by atoms with Crippen LogP contribution in [0, 0.1) is 0 Å². The first-order chi connectivity index (χ1) is 10.5. The third-order valence-electron chi connectivity index (χ3n) is 3.88. The molecule has 0 aliphatic heterocycles.